The Balaban J connectivity index is 1.38. The monoisotopic (exact) mass is 479 g/mol. The molecule has 180 valence electrons. The van der Waals surface area contributed by atoms with E-state index in [0.717, 1.165) is 29.4 Å². The van der Waals surface area contributed by atoms with Crippen LogP contribution in [0.4, 0.5) is 24.8 Å². The van der Waals surface area contributed by atoms with E-state index in [1.165, 1.54) is 5.57 Å². The third-order valence-corrected chi connectivity index (χ3v) is 6.64. The molecule has 1 aliphatic heterocycles. The van der Waals surface area contributed by atoms with E-state index < -0.39 is 23.1 Å². The van der Waals surface area contributed by atoms with Crippen LogP contribution < -0.4 is 16.4 Å². The number of nitrogens with one attached hydrogen (secondary N) is 2. The summed E-state index contributed by atoms with van der Waals surface area (Å²) in [5, 5.41) is 6.07. The fourth-order valence-electron chi connectivity index (χ4n) is 4.42. The van der Waals surface area contributed by atoms with E-state index in [0.29, 0.717) is 24.9 Å². The summed E-state index contributed by atoms with van der Waals surface area (Å²) in [6, 6.07) is 14.8. The number of hydrogen-bond donors (Lipinski definition) is 3. The lowest BCUT2D eigenvalue weighted by Crippen LogP contribution is -2.29. The Morgan fingerprint density at radius 3 is 2.40 bits per heavy atom. The van der Waals surface area contributed by atoms with Gasteiger partial charge in [-0.25, -0.2) is 9.97 Å². The SMILES string of the molecule is NC(=O)C1(c2ccccc2CCc2nc(Nc3ccc(C4=CNC4)cc3)ncc2C(F)(F)F)CC1. The summed E-state index contributed by atoms with van der Waals surface area (Å²) < 4.78 is 41.1. The first kappa shape index (κ1) is 22.9. The average Bonchev–Trinajstić information content (AvgIpc) is 3.60. The van der Waals surface area contributed by atoms with Crippen molar-refractivity contribution in [1.29, 1.82) is 0 Å². The number of anilines is 2. The maximum atomic E-state index is 13.7. The highest BCUT2D eigenvalue weighted by molar-refractivity contribution is 5.90. The first-order valence-electron chi connectivity index (χ1n) is 11.4. The lowest BCUT2D eigenvalue weighted by atomic mass is 9.88. The van der Waals surface area contributed by atoms with Gasteiger partial charge in [-0.3, -0.25) is 4.79 Å². The number of benzene rings is 2. The van der Waals surface area contributed by atoms with Crippen molar-refractivity contribution in [3.8, 4) is 0 Å². The van der Waals surface area contributed by atoms with Gasteiger partial charge in [0.25, 0.3) is 0 Å². The molecule has 6 nitrogen and oxygen atoms in total. The predicted molar refractivity (Wildman–Crippen MR) is 127 cm³/mol. The number of carbonyl (C=O) groups excluding carboxylic acids is 1. The summed E-state index contributed by atoms with van der Waals surface area (Å²) in [6.07, 6.45) is -0.185. The minimum atomic E-state index is -4.58. The summed E-state index contributed by atoms with van der Waals surface area (Å²) in [7, 11) is 0. The third kappa shape index (κ3) is 4.58. The molecule has 2 aromatic carbocycles. The molecule has 2 heterocycles. The summed E-state index contributed by atoms with van der Waals surface area (Å²) in [4.78, 5) is 20.2. The molecule has 35 heavy (non-hydrogen) atoms. The van der Waals surface area contributed by atoms with Crippen LogP contribution in [0, 0.1) is 0 Å². The van der Waals surface area contributed by atoms with Gasteiger partial charge in [-0.05, 0) is 60.1 Å². The molecule has 3 aromatic rings. The minimum absolute atomic E-state index is 0.0397. The molecule has 1 amide bonds. The molecular formula is C26H24F3N5O. The summed E-state index contributed by atoms with van der Waals surface area (Å²) >= 11 is 0. The highest BCUT2D eigenvalue weighted by Crippen LogP contribution is 2.49. The van der Waals surface area contributed by atoms with Crippen molar-refractivity contribution < 1.29 is 18.0 Å². The van der Waals surface area contributed by atoms with Crippen LogP contribution in [0.15, 0.2) is 60.9 Å². The Kier molecular flexibility index (Phi) is 5.70. The Labute approximate surface area is 200 Å². The van der Waals surface area contributed by atoms with E-state index in [1.54, 1.807) is 0 Å². The van der Waals surface area contributed by atoms with E-state index in [2.05, 4.69) is 20.6 Å². The number of nitrogens with two attached hydrogens (primary N) is 1. The van der Waals surface area contributed by atoms with Crippen LogP contribution >= 0.6 is 0 Å². The topological polar surface area (TPSA) is 92.9 Å². The first-order chi connectivity index (χ1) is 16.8. The van der Waals surface area contributed by atoms with Crippen LogP contribution in [0.5, 0.6) is 0 Å². The summed E-state index contributed by atoms with van der Waals surface area (Å²) in [5.74, 6) is -0.306. The number of amides is 1. The lowest BCUT2D eigenvalue weighted by Gasteiger charge is -2.18. The van der Waals surface area contributed by atoms with Crippen LogP contribution in [-0.4, -0.2) is 22.4 Å². The van der Waals surface area contributed by atoms with Gasteiger partial charge in [-0.1, -0.05) is 36.4 Å². The van der Waals surface area contributed by atoms with Crippen molar-refractivity contribution in [1.82, 2.24) is 15.3 Å². The van der Waals surface area contributed by atoms with Gasteiger partial charge in [0.15, 0.2) is 0 Å². The molecule has 0 radical (unpaired) electrons. The molecule has 1 fully saturated rings. The molecule has 1 aromatic heterocycles. The zero-order chi connectivity index (χ0) is 24.6. The number of hydrogen-bond acceptors (Lipinski definition) is 5. The van der Waals surface area contributed by atoms with Crippen molar-refractivity contribution in [2.24, 2.45) is 5.73 Å². The molecule has 9 heteroatoms. The van der Waals surface area contributed by atoms with E-state index in [9.17, 15) is 18.0 Å². The molecule has 0 bridgehead atoms. The van der Waals surface area contributed by atoms with E-state index in [-0.39, 0.29) is 18.1 Å². The smallest absolute Gasteiger partial charge is 0.386 e. The van der Waals surface area contributed by atoms with E-state index in [4.69, 9.17) is 5.73 Å². The Hall–Kier alpha value is -3.88. The second kappa shape index (κ2) is 8.72. The summed E-state index contributed by atoms with van der Waals surface area (Å²) in [5.41, 5.74) is 8.50. The molecular weight excluding hydrogens is 455 g/mol. The molecule has 4 N–H and O–H groups in total. The van der Waals surface area contributed by atoms with Crippen LogP contribution in [0.3, 0.4) is 0 Å². The van der Waals surface area contributed by atoms with Crippen molar-refractivity contribution in [3.05, 3.63) is 88.9 Å². The molecule has 0 spiro atoms. The van der Waals surface area contributed by atoms with Crippen LogP contribution in [0.2, 0.25) is 0 Å². The Morgan fingerprint density at radius 1 is 1.09 bits per heavy atom. The lowest BCUT2D eigenvalue weighted by molar-refractivity contribution is -0.138. The molecule has 0 atom stereocenters. The fourth-order valence-corrected chi connectivity index (χ4v) is 4.42. The third-order valence-electron chi connectivity index (χ3n) is 6.64. The number of carbonyl (C=O) groups is 1. The van der Waals surface area contributed by atoms with Gasteiger partial charge in [-0.15, -0.1) is 0 Å². The van der Waals surface area contributed by atoms with Crippen molar-refractivity contribution >= 4 is 23.1 Å². The maximum Gasteiger partial charge on any atom is 0.419 e. The van der Waals surface area contributed by atoms with Gasteiger partial charge in [0, 0.05) is 24.6 Å². The van der Waals surface area contributed by atoms with Gasteiger partial charge in [0.05, 0.1) is 16.7 Å². The van der Waals surface area contributed by atoms with Gasteiger partial charge >= 0.3 is 6.18 Å². The highest BCUT2D eigenvalue weighted by Gasteiger charge is 2.50. The van der Waals surface area contributed by atoms with Gasteiger partial charge in [0.1, 0.15) is 0 Å². The average molecular weight is 480 g/mol. The fraction of sp³-hybridized carbons (Fsp3) is 0.269. The van der Waals surface area contributed by atoms with Crippen molar-refractivity contribution in [2.75, 3.05) is 11.9 Å². The molecule has 1 aliphatic carbocycles. The van der Waals surface area contributed by atoms with Crippen LogP contribution in [-0.2, 0) is 29.2 Å². The quantitative estimate of drug-likeness (QED) is 0.443. The molecule has 1 saturated carbocycles. The van der Waals surface area contributed by atoms with Crippen molar-refractivity contribution in [2.45, 2.75) is 37.3 Å². The highest BCUT2D eigenvalue weighted by atomic mass is 19.4. The largest absolute Gasteiger partial charge is 0.419 e. The zero-order valence-corrected chi connectivity index (χ0v) is 18.8. The maximum absolute atomic E-state index is 13.7. The van der Waals surface area contributed by atoms with Crippen LogP contribution in [0.1, 0.15) is 40.8 Å². The Bertz CT molecular complexity index is 1300. The number of aryl methyl sites for hydroxylation is 2. The van der Waals surface area contributed by atoms with E-state index >= 15 is 0 Å². The molecule has 0 unspecified atom stereocenters. The minimum Gasteiger partial charge on any atom is -0.386 e. The predicted octanol–water partition coefficient (Wildman–Crippen LogP) is 4.49. The molecule has 5 rings (SSSR count). The van der Waals surface area contributed by atoms with Crippen molar-refractivity contribution in [3.63, 3.8) is 0 Å². The molecule has 0 saturated heterocycles. The number of aromatic nitrogens is 2. The normalized spacial score (nSPS) is 16.0. The number of rotatable bonds is 8. The zero-order valence-electron chi connectivity index (χ0n) is 18.8. The van der Waals surface area contributed by atoms with Crippen LogP contribution in [0.25, 0.3) is 5.57 Å². The second-order valence-electron chi connectivity index (χ2n) is 8.91. The van der Waals surface area contributed by atoms with E-state index in [1.807, 2.05) is 54.7 Å². The van der Waals surface area contributed by atoms with Gasteiger partial charge in [-0.2, -0.15) is 13.2 Å². The number of alkyl halides is 3. The number of halogens is 3. The summed E-state index contributed by atoms with van der Waals surface area (Å²) in [6.45, 7) is 0.807. The Morgan fingerprint density at radius 2 is 1.80 bits per heavy atom. The second-order valence-corrected chi connectivity index (χ2v) is 8.91. The number of nitrogens with zero attached hydrogens (tertiary/aromatic N) is 2. The van der Waals surface area contributed by atoms with Gasteiger partial charge in [0.2, 0.25) is 11.9 Å². The standard InChI is InChI=1S/C26H24F3N5O/c27-26(28,29)21-15-32-24(33-19-8-5-16(6-9-19)18-13-31-14-18)34-22(21)10-7-17-3-1-2-4-20(17)25(11-12-25)23(30)35/h1-6,8-9,13,15,31H,7,10-12,14H2,(H2,30,35)(H,32,33,34). The number of primary amides is 1. The first-order valence-corrected chi connectivity index (χ1v) is 11.4. The van der Waals surface area contributed by atoms with Gasteiger partial charge < -0.3 is 16.4 Å². The molecule has 2 aliphatic rings.